The summed E-state index contributed by atoms with van der Waals surface area (Å²) in [7, 11) is 0. The molecule has 0 aliphatic rings. The lowest BCUT2D eigenvalue weighted by Crippen LogP contribution is -2.30. The number of amides is 1. The van der Waals surface area contributed by atoms with Crippen LogP contribution in [0.3, 0.4) is 0 Å². The number of ether oxygens (including phenoxy) is 1. The SMILES string of the molecule is CC(=NNC(=O)OC(C)(C)C)c1ccc2nnn(Cc3ccc4ncccc4c3)c2n1. The van der Waals surface area contributed by atoms with E-state index in [1.54, 1.807) is 44.6 Å². The molecule has 0 fully saturated rings. The fourth-order valence-corrected chi connectivity index (χ4v) is 3.05. The molecule has 31 heavy (non-hydrogen) atoms. The summed E-state index contributed by atoms with van der Waals surface area (Å²) in [5.74, 6) is 0. The number of nitrogens with zero attached hydrogens (tertiary/aromatic N) is 6. The standard InChI is InChI=1S/C22H23N7O2/c1-14(25-27-21(30)31-22(2,3)4)17-9-10-19-20(24-17)29(28-26-19)13-15-7-8-18-16(12-15)6-5-11-23-18/h5-12H,13H2,1-4H3,(H,27,30). The lowest BCUT2D eigenvalue weighted by atomic mass is 10.1. The molecule has 9 heteroatoms. The van der Waals surface area contributed by atoms with Gasteiger partial charge in [0.2, 0.25) is 0 Å². The number of fused-ring (bicyclic) bond motifs is 2. The van der Waals surface area contributed by atoms with Crippen molar-refractivity contribution in [3.63, 3.8) is 0 Å². The Balaban J connectivity index is 1.56. The Labute approximate surface area is 179 Å². The molecule has 158 valence electrons. The lowest BCUT2D eigenvalue weighted by Gasteiger charge is -2.18. The maximum atomic E-state index is 11.8. The Morgan fingerprint density at radius 3 is 2.77 bits per heavy atom. The number of rotatable bonds is 4. The third kappa shape index (κ3) is 4.82. The summed E-state index contributed by atoms with van der Waals surface area (Å²) in [6.45, 7) is 7.65. The van der Waals surface area contributed by atoms with E-state index < -0.39 is 11.7 Å². The topological polar surface area (TPSA) is 107 Å². The highest BCUT2D eigenvalue weighted by Gasteiger charge is 2.16. The number of benzene rings is 1. The third-order valence-electron chi connectivity index (χ3n) is 4.44. The van der Waals surface area contributed by atoms with Gasteiger partial charge in [-0.15, -0.1) is 5.10 Å². The number of hydrogen-bond donors (Lipinski definition) is 1. The van der Waals surface area contributed by atoms with E-state index in [4.69, 9.17) is 4.74 Å². The molecule has 1 aromatic carbocycles. The summed E-state index contributed by atoms with van der Waals surface area (Å²) < 4.78 is 6.93. The normalized spacial score (nSPS) is 12.3. The van der Waals surface area contributed by atoms with E-state index >= 15 is 0 Å². The van der Waals surface area contributed by atoms with Crippen LogP contribution in [0.1, 0.15) is 39.0 Å². The number of hydrazone groups is 1. The van der Waals surface area contributed by atoms with Gasteiger partial charge in [-0.1, -0.05) is 17.3 Å². The monoisotopic (exact) mass is 417 g/mol. The van der Waals surface area contributed by atoms with E-state index in [0.29, 0.717) is 29.1 Å². The van der Waals surface area contributed by atoms with E-state index in [1.165, 1.54) is 0 Å². The van der Waals surface area contributed by atoms with Gasteiger partial charge >= 0.3 is 6.09 Å². The minimum absolute atomic E-state index is 0.518. The molecule has 0 saturated heterocycles. The van der Waals surface area contributed by atoms with Gasteiger partial charge in [0.25, 0.3) is 0 Å². The first-order valence-corrected chi connectivity index (χ1v) is 9.86. The second-order valence-electron chi connectivity index (χ2n) is 8.13. The fraction of sp³-hybridized carbons (Fsp3) is 0.273. The van der Waals surface area contributed by atoms with E-state index in [9.17, 15) is 4.79 Å². The maximum absolute atomic E-state index is 11.8. The van der Waals surface area contributed by atoms with Crippen LogP contribution in [0, 0.1) is 0 Å². The first-order valence-electron chi connectivity index (χ1n) is 9.86. The van der Waals surface area contributed by atoms with Gasteiger partial charge < -0.3 is 4.74 Å². The van der Waals surface area contributed by atoms with Crippen molar-refractivity contribution < 1.29 is 9.53 Å². The summed E-state index contributed by atoms with van der Waals surface area (Å²) in [5, 5.41) is 13.6. The average Bonchev–Trinajstić information content (AvgIpc) is 3.12. The number of nitrogens with one attached hydrogen (secondary N) is 1. The molecule has 0 aliphatic carbocycles. The zero-order valence-electron chi connectivity index (χ0n) is 17.8. The van der Waals surface area contributed by atoms with Crippen molar-refractivity contribution in [1.82, 2.24) is 30.4 Å². The molecule has 3 aromatic heterocycles. The number of aromatic nitrogens is 5. The van der Waals surface area contributed by atoms with Gasteiger partial charge in [-0.2, -0.15) is 5.10 Å². The van der Waals surface area contributed by atoms with Crippen molar-refractivity contribution in [2.24, 2.45) is 5.10 Å². The van der Waals surface area contributed by atoms with Gasteiger partial charge in [0.05, 0.1) is 23.5 Å². The smallest absolute Gasteiger partial charge is 0.428 e. The maximum Gasteiger partial charge on any atom is 0.428 e. The van der Waals surface area contributed by atoms with Gasteiger partial charge in [0, 0.05) is 11.6 Å². The zero-order valence-corrected chi connectivity index (χ0v) is 17.8. The highest BCUT2D eigenvalue weighted by atomic mass is 16.6. The molecule has 0 spiro atoms. The van der Waals surface area contributed by atoms with Gasteiger partial charge in [0.1, 0.15) is 11.1 Å². The Kier molecular flexibility index (Phi) is 5.33. The minimum atomic E-state index is -0.620. The Bertz CT molecular complexity index is 1290. The summed E-state index contributed by atoms with van der Waals surface area (Å²) in [6.07, 6.45) is 1.16. The quantitative estimate of drug-likeness (QED) is 0.401. The molecule has 4 aromatic rings. The minimum Gasteiger partial charge on any atom is -0.443 e. The fourth-order valence-electron chi connectivity index (χ4n) is 3.05. The van der Waals surface area contributed by atoms with Crippen molar-refractivity contribution in [2.45, 2.75) is 39.8 Å². The van der Waals surface area contributed by atoms with Gasteiger partial charge in [0.15, 0.2) is 5.65 Å². The van der Waals surface area contributed by atoms with E-state index in [2.05, 4.69) is 36.9 Å². The first-order chi connectivity index (χ1) is 14.8. The average molecular weight is 417 g/mol. The predicted molar refractivity (Wildman–Crippen MR) is 118 cm³/mol. The van der Waals surface area contributed by atoms with Crippen molar-refractivity contribution >= 4 is 33.9 Å². The molecule has 4 rings (SSSR count). The lowest BCUT2D eigenvalue weighted by molar-refractivity contribution is 0.0529. The molecule has 0 radical (unpaired) electrons. The largest absolute Gasteiger partial charge is 0.443 e. The summed E-state index contributed by atoms with van der Waals surface area (Å²) in [4.78, 5) is 20.8. The van der Waals surface area contributed by atoms with Crippen LogP contribution in [0.25, 0.3) is 22.1 Å². The first kappa shape index (κ1) is 20.4. The Hall–Kier alpha value is -3.88. The summed E-state index contributed by atoms with van der Waals surface area (Å²) in [6, 6.07) is 13.6. The van der Waals surface area contributed by atoms with Gasteiger partial charge in [-0.25, -0.2) is 19.9 Å². The van der Waals surface area contributed by atoms with Crippen LogP contribution in [0.5, 0.6) is 0 Å². The molecule has 0 unspecified atom stereocenters. The molecule has 0 saturated carbocycles. The predicted octanol–water partition coefficient (Wildman–Crippen LogP) is 3.67. The van der Waals surface area contributed by atoms with Crippen LogP contribution in [0.15, 0.2) is 53.8 Å². The Morgan fingerprint density at radius 1 is 1.16 bits per heavy atom. The zero-order chi connectivity index (χ0) is 22.0. The van der Waals surface area contributed by atoms with E-state index in [-0.39, 0.29) is 0 Å². The van der Waals surface area contributed by atoms with Crippen molar-refractivity contribution in [1.29, 1.82) is 0 Å². The number of carbonyl (C=O) groups excluding carboxylic acids is 1. The van der Waals surface area contributed by atoms with Crippen LogP contribution in [0.4, 0.5) is 4.79 Å². The molecule has 0 atom stereocenters. The van der Waals surface area contributed by atoms with Gasteiger partial charge in [-0.3, -0.25) is 4.98 Å². The summed E-state index contributed by atoms with van der Waals surface area (Å²) >= 11 is 0. The van der Waals surface area contributed by atoms with Crippen LogP contribution < -0.4 is 5.43 Å². The highest BCUT2D eigenvalue weighted by molar-refractivity contribution is 5.98. The molecule has 9 nitrogen and oxygen atoms in total. The molecule has 1 amide bonds. The molecule has 0 bridgehead atoms. The van der Waals surface area contributed by atoms with Crippen LogP contribution in [-0.4, -0.2) is 42.4 Å². The van der Waals surface area contributed by atoms with E-state index in [1.807, 2.05) is 30.3 Å². The number of pyridine rings is 2. The van der Waals surface area contributed by atoms with Crippen molar-refractivity contribution in [3.05, 3.63) is 59.9 Å². The second kappa shape index (κ2) is 8.10. The van der Waals surface area contributed by atoms with Crippen LogP contribution in [0.2, 0.25) is 0 Å². The molecule has 3 heterocycles. The molecular formula is C22H23N7O2. The van der Waals surface area contributed by atoms with Crippen molar-refractivity contribution in [2.75, 3.05) is 0 Å². The van der Waals surface area contributed by atoms with Crippen LogP contribution in [-0.2, 0) is 11.3 Å². The van der Waals surface area contributed by atoms with Crippen molar-refractivity contribution in [3.8, 4) is 0 Å². The number of hydrogen-bond acceptors (Lipinski definition) is 7. The third-order valence-corrected chi connectivity index (χ3v) is 4.44. The summed E-state index contributed by atoms with van der Waals surface area (Å²) in [5.41, 5.74) is 6.27. The second-order valence-corrected chi connectivity index (χ2v) is 8.13. The molecule has 0 aliphatic heterocycles. The van der Waals surface area contributed by atoms with Crippen LogP contribution >= 0.6 is 0 Å². The van der Waals surface area contributed by atoms with Gasteiger partial charge in [-0.05, 0) is 63.6 Å². The highest BCUT2D eigenvalue weighted by Crippen LogP contribution is 2.16. The molecule has 1 N–H and O–H groups in total. The molecular weight excluding hydrogens is 394 g/mol. The van der Waals surface area contributed by atoms with E-state index in [0.717, 1.165) is 16.5 Å². The Morgan fingerprint density at radius 2 is 1.97 bits per heavy atom. The number of carbonyl (C=O) groups is 1.